The van der Waals surface area contributed by atoms with Crippen LogP contribution in [0.3, 0.4) is 0 Å². The molecule has 0 N–H and O–H groups in total. The summed E-state index contributed by atoms with van der Waals surface area (Å²) in [5.74, 6) is 0. The molecular weight excluding hydrogens is 302 g/mol. The maximum Gasteiger partial charge on any atom is 0.278 e. The number of hydrogen-bond acceptors (Lipinski definition) is 3. The topological polar surface area (TPSA) is 61.0 Å². The molecule has 3 aromatic carbocycles. The molecule has 0 aliphatic carbocycles. The molecule has 0 saturated carbocycles. The summed E-state index contributed by atoms with van der Waals surface area (Å²) in [5.41, 5.74) is 3.02. The van der Waals surface area contributed by atoms with Crippen molar-refractivity contribution >= 4 is 16.6 Å². The molecule has 0 aliphatic heterocycles. The minimum absolute atomic E-state index is 0.0564. The van der Waals surface area contributed by atoms with E-state index in [0.29, 0.717) is 11.3 Å². The van der Waals surface area contributed by atoms with E-state index in [4.69, 9.17) is 0 Å². The van der Waals surface area contributed by atoms with Gasteiger partial charge >= 0.3 is 0 Å². The van der Waals surface area contributed by atoms with Crippen LogP contribution in [0.2, 0.25) is 0 Å². The van der Waals surface area contributed by atoms with Crippen LogP contribution in [0, 0.1) is 10.1 Å². The number of aromatic nitrogens is 2. The second-order valence-electron chi connectivity index (χ2n) is 5.39. The van der Waals surface area contributed by atoms with Gasteiger partial charge in [0.2, 0.25) is 0 Å². The standard InChI is InChI=1S/C19H13N3O2/c23-22(24)18-13-7-5-11-16(18)19-15-10-4-6-12-17(15)21(20-19)14-8-2-1-3-9-14/h1-13H. The van der Waals surface area contributed by atoms with Gasteiger partial charge in [-0.15, -0.1) is 0 Å². The van der Waals surface area contributed by atoms with Gasteiger partial charge in [-0.05, 0) is 24.3 Å². The Morgan fingerprint density at radius 3 is 2.29 bits per heavy atom. The fourth-order valence-electron chi connectivity index (χ4n) is 2.86. The number of para-hydroxylation sites is 3. The molecule has 0 fully saturated rings. The molecule has 1 heterocycles. The molecular formula is C19H13N3O2. The minimum Gasteiger partial charge on any atom is -0.258 e. The monoisotopic (exact) mass is 315 g/mol. The third-order valence-electron chi connectivity index (χ3n) is 3.94. The third-order valence-corrected chi connectivity index (χ3v) is 3.94. The maximum absolute atomic E-state index is 11.4. The highest BCUT2D eigenvalue weighted by Gasteiger charge is 2.20. The van der Waals surface area contributed by atoms with Crippen molar-refractivity contribution in [2.45, 2.75) is 0 Å². The molecule has 0 spiro atoms. The molecule has 0 aliphatic rings. The van der Waals surface area contributed by atoms with E-state index >= 15 is 0 Å². The Hall–Kier alpha value is -3.47. The predicted molar refractivity (Wildman–Crippen MR) is 93.2 cm³/mol. The SMILES string of the molecule is O=[N+]([O-])c1ccccc1-c1nn(-c2ccccc2)c2ccccc12. The predicted octanol–water partition coefficient (Wildman–Crippen LogP) is 4.60. The van der Waals surface area contributed by atoms with Gasteiger partial charge in [-0.2, -0.15) is 5.10 Å². The lowest BCUT2D eigenvalue weighted by molar-refractivity contribution is -0.384. The largest absolute Gasteiger partial charge is 0.278 e. The molecule has 4 rings (SSSR count). The van der Waals surface area contributed by atoms with Crippen molar-refractivity contribution in [1.82, 2.24) is 9.78 Å². The van der Waals surface area contributed by atoms with Crippen molar-refractivity contribution in [2.75, 3.05) is 0 Å². The first-order valence-corrected chi connectivity index (χ1v) is 7.52. The number of nitrogens with zero attached hydrogens (tertiary/aromatic N) is 3. The molecule has 4 aromatic rings. The minimum atomic E-state index is -0.369. The van der Waals surface area contributed by atoms with Gasteiger partial charge in [-0.3, -0.25) is 10.1 Å². The third kappa shape index (κ3) is 2.23. The van der Waals surface area contributed by atoms with Gasteiger partial charge in [-0.1, -0.05) is 48.5 Å². The summed E-state index contributed by atoms with van der Waals surface area (Å²) in [6.07, 6.45) is 0. The van der Waals surface area contributed by atoms with E-state index in [0.717, 1.165) is 16.6 Å². The van der Waals surface area contributed by atoms with Crippen LogP contribution in [0.5, 0.6) is 0 Å². The average molecular weight is 315 g/mol. The Kier molecular flexibility index (Phi) is 3.31. The number of fused-ring (bicyclic) bond motifs is 1. The number of benzene rings is 3. The normalized spacial score (nSPS) is 10.8. The van der Waals surface area contributed by atoms with Gasteiger partial charge in [0.1, 0.15) is 5.69 Å². The molecule has 5 heteroatoms. The summed E-state index contributed by atoms with van der Waals surface area (Å²) in [6.45, 7) is 0. The Morgan fingerprint density at radius 1 is 0.833 bits per heavy atom. The van der Waals surface area contributed by atoms with Crippen LogP contribution in [-0.4, -0.2) is 14.7 Å². The molecule has 0 radical (unpaired) electrons. The zero-order chi connectivity index (χ0) is 16.5. The summed E-state index contributed by atoms with van der Waals surface area (Å²) < 4.78 is 1.82. The van der Waals surface area contributed by atoms with Gasteiger partial charge in [0.05, 0.1) is 21.7 Å². The highest BCUT2D eigenvalue weighted by atomic mass is 16.6. The summed E-state index contributed by atoms with van der Waals surface area (Å²) in [4.78, 5) is 11.0. The maximum atomic E-state index is 11.4. The number of rotatable bonds is 3. The molecule has 0 unspecified atom stereocenters. The smallest absolute Gasteiger partial charge is 0.258 e. The summed E-state index contributed by atoms with van der Waals surface area (Å²) in [7, 11) is 0. The van der Waals surface area contributed by atoms with Crippen LogP contribution in [-0.2, 0) is 0 Å². The van der Waals surface area contributed by atoms with E-state index in [1.165, 1.54) is 6.07 Å². The van der Waals surface area contributed by atoms with Gasteiger partial charge < -0.3 is 0 Å². The van der Waals surface area contributed by atoms with E-state index in [-0.39, 0.29) is 10.6 Å². The van der Waals surface area contributed by atoms with Crippen molar-refractivity contribution in [3.05, 3.63) is 89.0 Å². The highest BCUT2D eigenvalue weighted by Crippen LogP contribution is 2.34. The quantitative estimate of drug-likeness (QED) is 0.410. The van der Waals surface area contributed by atoms with Gasteiger partial charge in [0, 0.05) is 11.5 Å². The van der Waals surface area contributed by atoms with E-state index in [1.54, 1.807) is 18.2 Å². The molecule has 0 saturated heterocycles. The first kappa shape index (κ1) is 14.1. The fourth-order valence-corrected chi connectivity index (χ4v) is 2.86. The Balaban J connectivity index is 2.04. The van der Waals surface area contributed by atoms with Crippen molar-refractivity contribution in [2.24, 2.45) is 0 Å². The lowest BCUT2D eigenvalue weighted by Gasteiger charge is -2.02. The molecule has 24 heavy (non-hydrogen) atoms. The van der Waals surface area contributed by atoms with E-state index < -0.39 is 0 Å². The van der Waals surface area contributed by atoms with E-state index in [9.17, 15) is 10.1 Å². The Labute approximate surface area is 137 Å². The molecule has 0 atom stereocenters. The highest BCUT2D eigenvalue weighted by molar-refractivity contribution is 5.96. The van der Waals surface area contributed by atoms with Crippen molar-refractivity contribution < 1.29 is 4.92 Å². The Bertz CT molecular complexity index is 1040. The fraction of sp³-hybridized carbons (Fsp3) is 0. The number of nitro groups is 1. The van der Waals surface area contributed by atoms with Crippen LogP contribution in [0.15, 0.2) is 78.9 Å². The van der Waals surface area contributed by atoms with Crippen molar-refractivity contribution in [1.29, 1.82) is 0 Å². The first-order chi connectivity index (χ1) is 11.8. The molecule has 0 amide bonds. The van der Waals surface area contributed by atoms with Gasteiger partial charge in [0.25, 0.3) is 5.69 Å². The number of hydrogen-bond donors (Lipinski definition) is 0. The van der Waals surface area contributed by atoms with Gasteiger partial charge in [-0.25, -0.2) is 4.68 Å². The molecule has 116 valence electrons. The average Bonchev–Trinajstić information content (AvgIpc) is 3.02. The van der Waals surface area contributed by atoms with Crippen molar-refractivity contribution in [3.63, 3.8) is 0 Å². The van der Waals surface area contributed by atoms with E-state index in [2.05, 4.69) is 5.10 Å². The summed E-state index contributed by atoms with van der Waals surface area (Å²) in [6, 6.07) is 24.2. The second-order valence-corrected chi connectivity index (χ2v) is 5.39. The van der Waals surface area contributed by atoms with Crippen LogP contribution in [0.1, 0.15) is 0 Å². The lowest BCUT2D eigenvalue weighted by atomic mass is 10.1. The zero-order valence-corrected chi connectivity index (χ0v) is 12.7. The van der Waals surface area contributed by atoms with Crippen molar-refractivity contribution in [3.8, 4) is 16.9 Å². The summed E-state index contributed by atoms with van der Waals surface area (Å²) in [5, 5.41) is 16.9. The zero-order valence-electron chi connectivity index (χ0n) is 12.7. The molecule has 5 nitrogen and oxygen atoms in total. The van der Waals surface area contributed by atoms with Crippen LogP contribution in [0.25, 0.3) is 27.8 Å². The number of nitro benzene ring substituents is 1. The summed E-state index contributed by atoms with van der Waals surface area (Å²) >= 11 is 0. The molecule has 0 bridgehead atoms. The second kappa shape index (κ2) is 5.62. The van der Waals surface area contributed by atoms with E-state index in [1.807, 2.05) is 59.3 Å². The van der Waals surface area contributed by atoms with Crippen LogP contribution < -0.4 is 0 Å². The van der Waals surface area contributed by atoms with Crippen LogP contribution in [0.4, 0.5) is 5.69 Å². The van der Waals surface area contributed by atoms with Crippen LogP contribution >= 0.6 is 0 Å². The molecule has 1 aromatic heterocycles. The lowest BCUT2D eigenvalue weighted by Crippen LogP contribution is -1.96. The van der Waals surface area contributed by atoms with Gasteiger partial charge in [0.15, 0.2) is 0 Å². The first-order valence-electron chi connectivity index (χ1n) is 7.52. The Morgan fingerprint density at radius 2 is 1.50 bits per heavy atom.